The average Bonchev–Trinajstić information content (AvgIpc) is 2.50. The Labute approximate surface area is 123 Å². The first kappa shape index (κ1) is 15.6. The number of hydrogen-bond acceptors (Lipinski definition) is 3. The van der Waals surface area contributed by atoms with Crippen LogP contribution < -0.4 is 0 Å². The van der Waals surface area contributed by atoms with Gasteiger partial charge in [0, 0.05) is 26.2 Å². The third-order valence-corrected chi connectivity index (χ3v) is 4.41. The van der Waals surface area contributed by atoms with Gasteiger partial charge in [0.15, 0.2) is 0 Å². The molecule has 1 saturated heterocycles. The van der Waals surface area contributed by atoms with Gasteiger partial charge in [0.05, 0.1) is 0 Å². The number of hydrogen-bond donors (Lipinski definition) is 0. The third-order valence-electron chi connectivity index (χ3n) is 4.41. The van der Waals surface area contributed by atoms with Gasteiger partial charge in [0.2, 0.25) is 0 Å². The van der Waals surface area contributed by atoms with E-state index in [0.29, 0.717) is 5.41 Å². The van der Waals surface area contributed by atoms with Crippen molar-refractivity contribution in [3.8, 4) is 0 Å². The summed E-state index contributed by atoms with van der Waals surface area (Å²) in [6.45, 7) is 13.1. The fourth-order valence-corrected chi connectivity index (χ4v) is 3.12. The minimum atomic E-state index is -0.400. The van der Waals surface area contributed by atoms with Crippen molar-refractivity contribution in [2.75, 3.05) is 32.7 Å². The number of nitrogens with zero attached hydrogens (tertiary/aromatic N) is 2. The molecule has 0 N–H and O–H groups in total. The molecule has 0 aromatic rings. The van der Waals surface area contributed by atoms with Crippen molar-refractivity contribution in [1.82, 2.24) is 9.80 Å². The maximum Gasteiger partial charge on any atom is 0.410 e. The molecular weight excluding hydrogens is 252 g/mol. The van der Waals surface area contributed by atoms with Gasteiger partial charge in [-0.25, -0.2) is 4.79 Å². The molecule has 2 rings (SSSR count). The SMILES string of the molecule is CC1(CN2CCCN(C(=O)OC(C)(C)C)CC2)CCC1. The first-order chi connectivity index (χ1) is 9.27. The van der Waals surface area contributed by atoms with Crippen LogP contribution >= 0.6 is 0 Å². The van der Waals surface area contributed by atoms with Crippen LogP contribution in [0.25, 0.3) is 0 Å². The summed E-state index contributed by atoms with van der Waals surface area (Å²) in [6.07, 6.45) is 5.00. The highest BCUT2D eigenvalue weighted by molar-refractivity contribution is 5.68. The van der Waals surface area contributed by atoms with E-state index in [1.54, 1.807) is 0 Å². The van der Waals surface area contributed by atoms with Crippen molar-refractivity contribution in [3.63, 3.8) is 0 Å². The number of amides is 1. The highest BCUT2D eigenvalue weighted by Gasteiger charge is 2.34. The summed E-state index contributed by atoms with van der Waals surface area (Å²) in [5.74, 6) is 0. The predicted molar refractivity (Wildman–Crippen MR) is 80.8 cm³/mol. The molecule has 20 heavy (non-hydrogen) atoms. The van der Waals surface area contributed by atoms with Crippen molar-refractivity contribution in [1.29, 1.82) is 0 Å². The first-order valence-electron chi connectivity index (χ1n) is 7.98. The van der Waals surface area contributed by atoms with Crippen LogP contribution in [0, 0.1) is 5.41 Å². The van der Waals surface area contributed by atoms with Crippen molar-refractivity contribution in [3.05, 3.63) is 0 Å². The number of ether oxygens (including phenoxy) is 1. The molecule has 0 aromatic heterocycles. The van der Waals surface area contributed by atoms with Gasteiger partial charge in [-0.2, -0.15) is 0 Å². The van der Waals surface area contributed by atoms with E-state index in [1.807, 2.05) is 25.7 Å². The number of carbonyl (C=O) groups is 1. The number of rotatable bonds is 2. The highest BCUT2D eigenvalue weighted by atomic mass is 16.6. The molecule has 0 radical (unpaired) electrons. The van der Waals surface area contributed by atoms with E-state index in [0.717, 1.165) is 32.6 Å². The Balaban J connectivity index is 1.81. The summed E-state index contributed by atoms with van der Waals surface area (Å²) >= 11 is 0. The van der Waals surface area contributed by atoms with Gasteiger partial charge in [0.1, 0.15) is 5.60 Å². The molecule has 1 saturated carbocycles. The number of carbonyl (C=O) groups excluding carboxylic acids is 1. The van der Waals surface area contributed by atoms with E-state index < -0.39 is 5.60 Å². The molecular formula is C16H30N2O2. The van der Waals surface area contributed by atoms with Crippen LogP contribution in [-0.4, -0.2) is 54.2 Å². The van der Waals surface area contributed by atoms with Crippen molar-refractivity contribution < 1.29 is 9.53 Å². The standard InChI is InChI=1S/C16H30N2O2/c1-15(2,3)20-14(19)18-10-6-9-17(11-12-18)13-16(4)7-5-8-16/h5-13H2,1-4H3. The monoisotopic (exact) mass is 282 g/mol. The van der Waals surface area contributed by atoms with E-state index in [-0.39, 0.29) is 6.09 Å². The fourth-order valence-electron chi connectivity index (χ4n) is 3.12. The zero-order valence-corrected chi connectivity index (χ0v) is 13.6. The van der Waals surface area contributed by atoms with Gasteiger partial charge in [-0.1, -0.05) is 13.3 Å². The van der Waals surface area contributed by atoms with Gasteiger partial charge in [-0.15, -0.1) is 0 Å². The molecule has 1 amide bonds. The molecule has 1 aliphatic heterocycles. The summed E-state index contributed by atoms with van der Waals surface area (Å²) in [6, 6.07) is 0. The Morgan fingerprint density at radius 1 is 1.10 bits per heavy atom. The lowest BCUT2D eigenvalue weighted by atomic mass is 9.70. The Morgan fingerprint density at radius 2 is 1.80 bits per heavy atom. The average molecular weight is 282 g/mol. The van der Waals surface area contributed by atoms with Crippen LogP contribution in [0.15, 0.2) is 0 Å². The maximum absolute atomic E-state index is 12.1. The van der Waals surface area contributed by atoms with Gasteiger partial charge in [0.25, 0.3) is 0 Å². The van der Waals surface area contributed by atoms with E-state index in [1.165, 1.54) is 25.8 Å². The lowest BCUT2D eigenvalue weighted by Crippen LogP contribution is -2.43. The lowest BCUT2D eigenvalue weighted by molar-refractivity contribution is 0.0252. The highest BCUT2D eigenvalue weighted by Crippen LogP contribution is 2.40. The van der Waals surface area contributed by atoms with Crippen molar-refractivity contribution >= 4 is 6.09 Å². The third kappa shape index (κ3) is 4.37. The molecule has 116 valence electrons. The molecule has 4 heteroatoms. The molecule has 2 aliphatic rings. The van der Waals surface area contributed by atoms with Crippen LogP contribution in [0.5, 0.6) is 0 Å². The second-order valence-electron chi connectivity index (χ2n) is 7.76. The molecule has 1 aliphatic carbocycles. The van der Waals surface area contributed by atoms with E-state index >= 15 is 0 Å². The van der Waals surface area contributed by atoms with Gasteiger partial charge < -0.3 is 14.5 Å². The second-order valence-corrected chi connectivity index (χ2v) is 7.76. The Hall–Kier alpha value is -0.770. The minimum Gasteiger partial charge on any atom is -0.444 e. The Bertz CT molecular complexity index is 345. The van der Waals surface area contributed by atoms with Crippen LogP contribution in [0.2, 0.25) is 0 Å². The van der Waals surface area contributed by atoms with Crippen molar-refractivity contribution in [2.24, 2.45) is 5.41 Å². The van der Waals surface area contributed by atoms with Crippen LogP contribution in [0.3, 0.4) is 0 Å². The summed E-state index contributed by atoms with van der Waals surface area (Å²) in [5.41, 5.74) is 0.129. The summed E-state index contributed by atoms with van der Waals surface area (Å²) < 4.78 is 5.47. The zero-order chi connectivity index (χ0) is 14.8. The van der Waals surface area contributed by atoms with Crippen LogP contribution in [0.4, 0.5) is 4.79 Å². The summed E-state index contributed by atoms with van der Waals surface area (Å²) in [7, 11) is 0. The molecule has 0 unspecified atom stereocenters. The smallest absolute Gasteiger partial charge is 0.410 e. The lowest BCUT2D eigenvalue weighted by Gasteiger charge is -2.42. The van der Waals surface area contributed by atoms with Crippen molar-refractivity contribution in [2.45, 2.75) is 59.0 Å². The molecule has 1 heterocycles. The minimum absolute atomic E-state index is 0.158. The van der Waals surface area contributed by atoms with Gasteiger partial charge in [-0.05, 0) is 52.0 Å². The summed E-state index contributed by atoms with van der Waals surface area (Å²) in [4.78, 5) is 16.5. The molecule has 0 atom stereocenters. The normalized spacial score (nSPS) is 23.9. The maximum atomic E-state index is 12.1. The van der Waals surface area contributed by atoms with E-state index in [9.17, 15) is 4.79 Å². The summed E-state index contributed by atoms with van der Waals surface area (Å²) in [5, 5.41) is 0. The van der Waals surface area contributed by atoms with Gasteiger partial charge >= 0.3 is 6.09 Å². The van der Waals surface area contributed by atoms with Crippen LogP contribution in [0.1, 0.15) is 53.4 Å². The Kier molecular flexibility index (Phi) is 4.62. The topological polar surface area (TPSA) is 32.8 Å². The second kappa shape index (κ2) is 5.92. The molecule has 0 aromatic carbocycles. The zero-order valence-electron chi connectivity index (χ0n) is 13.6. The predicted octanol–water partition coefficient (Wildman–Crippen LogP) is 3.12. The fraction of sp³-hybridized carbons (Fsp3) is 0.938. The molecule has 0 spiro atoms. The van der Waals surface area contributed by atoms with Gasteiger partial charge in [-0.3, -0.25) is 0 Å². The van der Waals surface area contributed by atoms with Crippen LogP contribution in [-0.2, 0) is 4.74 Å². The largest absolute Gasteiger partial charge is 0.444 e. The van der Waals surface area contributed by atoms with E-state index in [4.69, 9.17) is 4.74 Å². The Morgan fingerprint density at radius 3 is 2.35 bits per heavy atom. The quantitative estimate of drug-likeness (QED) is 0.780. The first-order valence-corrected chi connectivity index (χ1v) is 7.98. The molecule has 2 fully saturated rings. The molecule has 4 nitrogen and oxygen atoms in total. The molecule has 0 bridgehead atoms. The van der Waals surface area contributed by atoms with E-state index in [2.05, 4.69) is 11.8 Å².